The van der Waals surface area contributed by atoms with Gasteiger partial charge in [-0.05, 0) is 48.2 Å². The molecule has 0 aromatic rings. The largest absolute Gasteiger partial charge is 0.368 e. The molecule has 1 N–H and O–H groups in total. The molecular formula is C17H35N3O. The van der Waals surface area contributed by atoms with E-state index in [4.69, 9.17) is 4.74 Å². The molecule has 2 heterocycles. The number of rotatable bonds is 4. The van der Waals surface area contributed by atoms with Crippen LogP contribution < -0.4 is 5.32 Å². The number of nitrogens with zero attached hydrogens (tertiary/aromatic N) is 2. The Hall–Kier alpha value is -0.160. The molecule has 0 spiro atoms. The van der Waals surface area contributed by atoms with Crippen LogP contribution in [0.5, 0.6) is 0 Å². The molecule has 3 unspecified atom stereocenters. The number of hydrogen-bond donors (Lipinski definition) is 1. The van der Waals surface area contributed by atoms with Gasteiger partial charge in [0.2, 0.25) is 0 Å². The SMILES string of the molecule is CCC1CN(CC2C(NC)C(C)(C)OC2(C)C)CCN1C. The Kier molecular flexibility index (Phi) is 5.04. The zero-order valence-corrected chi connectivity index (χ0v) is 15.1. The average Bonchev–Trinajstić information content (AvgIpc) is 2.56. The van der Waals surface area contributed by atoms with Crippen LogP contribution in [-0.2, 0) is 4.74 Å². The van der Waals surface area contributed by atoms with Gasteiger partial charge in [-0.2, -0.15) is 0 Å². The van der Waals surface area contributed by atoms with Crippen molar-refractivity contribution < 1.29 is 4.74 Å². The van der Waals surface area contributed by atoms with Crippen molar-refractivity contribution >= 4 is 0 Å². The fourth-order valence-corrected chi connectivity index (χ4v) is 4.47. The third-order valence-corrected chi connectivity index (χ3v) is 5.67. The molecule has 124 valence electrons. The van der Waals surface area contributed by atoms with Crippen LogP contribution in [0.15, 0.2) is 0 Å². The molecule has 2 aliphatic rings. The summed E-state index contributed by atoms with van der Waals surface area (Å²) in [6.07, 6.45) is 1.23. The maximum Gasteiger partial charge on any atom is 0.0790 e. The van der Waals surface area contributed by atoms with E-state index in [-0.39, 0.29) is 11.2 Å². The van der Waals surface area contributed by atoms with Gasteiger partial charge in [0.05, 0.1) is 11.2 Å². The second kappa shape index (κ2) is 6.15. The summed E-state index contributed by atoms with van der Waals surface area (Å²) in [6, 6.07) is 1.11. The first-order chi connectivity index (χ1) is 9.71. The minimum Gasteiger partial charge on any atom is -0.368 e. The summed E-state index contributed by atoms with van der Waals surface area (Å²) in [6.45, 7) is 15.9. The van der Waals surface area contributed by atoms with Crippen molar-refractivity contribution in [2.24, 2.45) is 5.92 Å². The van der Waals surface area contributed by atoms with Gasteiger partial charge in [-0.1, -0.05) is 6.92 Å². The van der Waals surface area contributed by atoms with Crippen LogP contribution in [0.2, 0.25) is 0 Å². The zero-order valence-electron chi connectivity index (χ0n) is 15.1. The van der Waals surface area contributed by atoms with E-state index in [0.717, 1.165) is 6.54 Å². The van der Waals surface area contributed by atoms with Crippen LogP contribution in [0, 0.1) is 5.92 Å². The topological polar surface area (TPSA) is 27.7 Å². The third kappa shape index (κ3) is 3.44. The fourth-order valence-electron chi connectivity index (χ4n) is 4.47. The van der Waals surface area contributed by atoms with E-state index in [1.807, 2.05) is 0 Å². The molecule has 4 heteroatoms. The highest BCUT2D eigenvalue weighted by Crippen LogP contribution is 2.42. The van der Waals surface area contributed by atoms with E-state index in [9.17, 15) is 0 Å². The molecule has 4 nitrogen and oxygen atoms in total. The van der Waals surface area contributed by atoms with Crippen molar-refractivity contribution in [3.63, 3.8) is 0 Å². The smallest absolute Gasteiger partial charge is 0.0790 e. The average molecular weight is 297 g/mol. The van der Waals surface area contributed by atoms with Crippen molar-refractivity contribution in [2.75, 3.05) is 40.3 Å². The first-order valence-corrected chi connectivity index (χ1v) is 8.51. The predicted molar refractivity (Wildman–Crippen MR) is 88.7 cm³/mol. The molecule has 0 saturated carbocycles. The molecule has 0 bridgehead atoms. The summed E-state index contributed by atoms with van der Waals surface area (Å²) < 4.78 is 6.37. The van der Waals surface area contributed by atoms with Gasteiger partial charge in [-0.3, -0.25) is 0 Å². The Morgan fingerprint density at radius 1 is 1.14 bits per heavy atom. The van der Waals surface area contributed by atoms with Gasteiger partial charge in [0.15, 0.2) is 0 Å². The van der Waals surface area contributed by atoms with Crippen molar-refractivity contribution in [2.45, 2.75) is 64.3 Å². The summed E-state index contributed by atoms with van der Waals surface area (Å²) in [7, 11) is 4.33. The summed E-state index contributed by atoms with van der Waals surface area (Å²) in [5.41, 5.74) is -0.165. The van der Waals surface area contributed by atoms with Gasteiger partial charge in [-0.15, -0.1) is 0 Å². The van der Waals surface area contributed by atoms with Crippen LogP contribution in [0.3, 0.4) is 0 Å². The quantitative estimate of drug-likeness (QED) is 0.856. The normalized spacial score (nSPS) is 37.0. The van der Waals surface area contributed by atoms with Gasteiger partial charge < -0.3 is 19.9 Å². The maximum atomic E-state index is 6.37. The fraction of sp³-hybridized carbons (Fsp3) is 1.00. The molecule has 0 amide bonds. The molecule has 0 aromatic heterocycles. The number of likely N-dealkylation sites (N-methyl/N-ethyl adjacent to an activating group) is 2. The van der Waals surface area contributed by atoms with Gasteiger partial charge >= 0.3 is 0 Å². The Bertz CT molecular complexity index is 356. The molecule has 0 aliphatic carbocycles. The summed E-state index contributed by atoms with van der Waals surface area (Å²) in [5.74, 6) is 0.526. The highest BCUT2D eigenvalue weighted by atomic mass is 16.5. The van der Waals surface area contributed by atoms with Gasteiger partial charge in [-0.25, -0.2) is 0 Å². The first-order valence-electron chi connectivity index (χ1n) is 8.51. The zero-order chi connectivity index (χ0) is 15.8. The van der Waals surface area contributed by atoms with Gasteiger partial charge in [0, 0.05) is 44.2 Å². The number of ether oxygens (including phenoxy) is 1. The number of hydrogen-bond acceptors (Lipinski definition) is 4. The Morgan fingerprint density at radius 3 is 2.38 bits per heavy atom. The highest BCUT2D eigenvalue weighted by Gasteiger charge is 2.53. The second-order valence-electron chi connectivity index (χ2n) is 7.98. The van der Waals surface area contributed by atoms with E-state index in [1.54, 1.807) is 0 Å². The van der Waals surface area contributed by atoms with E-state index in [1.165, 1.54) is 26.1 Å². The van der Waals surface area contributed by atoms with Crippen LogP contribution in [0.4, 0.5) is 0 Å². The maximum absolute atomic E-state index is 6.37. The minimum absolute atomic E-state index is 0.0672. The Morgan fingerprint density at radius 2 is 1.81 bits per heavy atom. The molecule has 21 heavy (non-hydrogen) atoms. The van der Waals surface area contributed by atoms with E-state index < -0.39 is 0 Å². The highest BCUT2D eigenvalue weighted by molar-refractivity contribution is 5.06. The lowest BCUT2D eigenvalue weighted by Crippen LogP contribution is -2.55. The van der Waals surface area contributed by atoms with Crippen molar-refractivity contribution in [3.8, 4) is 0 Å². The molecule has 0 radical (unpaired) electrons. The second-order valence-corrected chi connectivity index (χ2v) is 7.98. The summed E-state index contributed by atoms with van der Waals surface area (Å²) in [5, 5.41) is 3.52. The predicted octanol–water partition coefficient (Wildman–Crippen LogP) is 1.80. The number of piperazine rings is 1. The van der Waals surface area contributed by atoms with Crippen molar-refractivity contribution in [3.05, 3.63) is 0 Å². The van der Waals surface area contributed by atoms with Crippen LogP contribution in [0.1, 0.15) is 41.0 Å². The third-order valence-electron chi connectivity index (χ3n) is 5.67. The summed E-state index contributed by atoms with van der Waals surface area (Å²) in [4.78, 5) is 5.15. The summed E-state index contributed by atoms with van der Waals surface area (Å²) >= 11 is 0. The van der Waals surface area contributed by atoms with Crippen LogP contribution >= 0.6 is 0 Å². The molecule has 2 rings (SSSR count). The monoisotopic (exact) mass is 297 g/mol. The lowest BCUT2D eigenvalue weighted by atomic mass is 9.82. The standard InChI is InChI=1S/C17H35N3O/c1-8-13-11-20(10-9-19(13)7)12-14-15(18-6)17(4,5)21-16(14,2)3/h13-15,18H,8-12H2,1-7H3. The van der Waals surface area contributed by atoms with Crippen molar-refractivity contribution in [1.82, 2.24) is 15.1 Å². The lowest BCUT2D eigenvalue weighted by molar-refractivity contribution is -0.0804. The number of nitrogens with one attached hydrogen (secondary N) is 1. The van der Waals surface area contributed by atoms with Crippen LogP contribution in [-0.4, -0.2) is 73.4 Å². The van der Waals surface area contributed by atoms with Crippen molar-refractivity contribution in [1.29, 1.82) is 0 Å². The van der Waals surface area contributed by atoms with Crippen LogP contribution in [0.25, 0.3) is 0 Å². The van der Waals surface area contributed by atoms with E-state index in [0.29, 0.717) is 18.0 Å². The molecule has 3 atom stereocenters. The van der Waals surface area contributed by atoms with E-state index in [2.05, 4.69) is 63.8 Å². The minimum atomic E-state index is -0.0976. The lowest BCUT2D eigenvalue weighted by Gasteiger charge is -2.42. The molecular weight excluding hydrogens is 262 g/mol. The molecule has 0 aromatic carbocycles. The van der Waals surface area contributed by atoms with Gasteiger partial charge in [0.1, 0.15) is 0 Å². The van der Waals surface area contributed by atoms with E-state index >= 15 is 0 Å². The first kappa shape index (κ1) is 17.2. The Balaban J connectivity index is 2.07. The van der Waals surface area contributed by atoms with Gasteiger partial charge in [0.25, 0.3) is 0 Å². The molecule has 2 saturated heterocycles. The Labute approximate surface area is 131 Å². The molecule has 2 fully saturated rings. The molecule has 2 aliphatic heterocycles.